The highest BCUT2D eigenvalue weighted by Gasteiger charge is 2.29. The Kier molecular flexibility index (Phi) is 5.59. The average Bonchev–Trinajstić information content (AvgIpc) is 3.21. The van der Waals surface area contributed by atoms with Crippen molar-refractivity contribution in [3.05, 3.63) is 32.4 Å². The Labute approximate surface area is 159 Å². The number of nitrogens with zero attached hydrogens (tertiary/aromatic N) is 4. The SMILES string of the molecule is Cl.O=C(c1ccc(Br)s1)N1CCC(c2nnc3n2CCNC3)CC1. The molecular weight excluding hydrogens is 414 g/mol. The van der Waals surface area contributed by atoms with Gasteiger partial charge in [0.1, 0.15) is 11.6 Å². The largest absolute Gasteiger partial charge is 0.338 e. The maximum absolute atomic E-state index is 12.5. The number of halogens is 2. The van der Waals surface area contributed by atoms with Crippen LogP contribution in [0.3, 0.4) is 0 Å². The number of hydrogen-bond donors (Lipinski definition) is 1. The molecular formula is C15H19BrClN5OS. The van der Waals surface area contributed by atoms with Crippen LogP contribution in [-0.4, -0.2) is 45.2 Å². The van der Waals surface area contributed by atoms with Gasteiger partial charge in [0, 0.05) is 32.1 Å². The predicted molar refractivity (Wildman–Crippen MR) is 98.9 cm³/mol. The number of amides is 1. The highest BCUT2D eigenvalue weighted by atomic mass is 79.9. The summed E-state index contributed by atoms with van der Waals surface area (Å²) in [5.41, 5.74) is 0. The predicted octanol–water partition coefficient (Wildman–Crippen LogP) is 2.65. The van der Waals surface area contributed by atoms with Gasteiger partial charge in [-0.1, -0.05) is 0 Å². The molecule has 0 saturated carbocycles. The van der Waals surface area contributed by atoms with Crippen LogP contribution < -0.4 is 5.32 Å². The van der Waals surface area contributed by atoms with Crippen molar-refractivity contribution in [1.29, 1.82) is 0 Å². The van der Waals surface area contributed by atoms with Gasteiger partial charge in [0.25, 0.3) is 5.91 Å². The molecule has 130 valence electrons. The van der Waals surface area contributed by atoms with Crippen LogP contribution in [0.2, 0.25) is 0 Å². The number of likely N-dealkylation sites (tertiary alicyclic amines) is 1. The summed E-state index contributed by atoms with van der Waals surface area (Å²) in [6.45, 7) is 4.30. The Morgan fingerprint density at radius 2 is 2.04 bits per heavy atom. The van der Waals surface area contributed by atoms with Crippen LogP contribution in [-0.2, 0) is 13.1 Å². The van der Waals surface area contributed by atoms with E-state index in [4.69, 9.17) is 0 Å². The Morgan fingerprint density at radius 1 is 1.25 bits per heavy atom. The van der Waals surface area contributed by atoms with Crippen molar-refractivity contribution in [3.8, 4) is 0 Å². The summed E-state index contributed by atoms with van der Waals surface area (Å²) < 4.78 is 3.26. The average molecular weight is 433 g/mol. The summed E-state index contributed by atoms with van der Waals surface area (Å²) in [6, 6.07) is 3.83. The molecule has 1 fully saturated rings. The summed E-state index contributed by atoms with van der Waals surface area (Å²) in [5.74, 6) is 2.70. The molecule has 1 amide bonds. The van der Waals surface area contributed by atoms with E-state index >= 15 is 0 Å². The number of piperidine rings is 1. The zero-order valence-corrected chi connectivity index (χ0v) is 16.3. The molecule has 0 atom stereocenters. The molecule has 0 unspecified atom stereocenters. The Balaban J connectivity index is 0.00000169. The van der Waals surface area contributed by atoms with Gasteiger partial charge in [-0.3, -0.25) is 4.79 Å². The Bertz CT molecular complexity index is 725. The normalized spacial score (nSPS) is 18.1. The number of nitrogens with one attached hydrogen (secondary N) is 1. The van der Waals surface area contributed by atoms with Gasteiger partial charge >= 0.3 is 0 Å². The van der Waals surface area contributed by atoms with Crippen molar-refractivity contribution in [2.45, 2.75) is 31.8 Å². The molecule has 0 spiro atoms. The van der Waals surface area contributed by atoms with Crippen LogP contribution in [0.4, 0.5) is 0 Å². The zero-order chi connectivity index (χ0) is 15.8. The number of hydrogen-bond acceptors (Lipinski definition) is 5. The van der Waals surface area contributed by atoms with E-state index in [1.54, 1.807) is 0 Å². The molecule has 1 saturated heterocycles. The molecule has 0 bridgehead atoms. The first-order chi connectivity index (χ1) is 11.2. The summed E-state index contributed by atoms with van der Waals surface area (Å²) >= 11 is 4.92. The third-order valence-electron chi connectivity index (χ3n) is 4.58. The standard InChI is InChI=1S/C15H18BrN5OS.ClH/c16-12-2-1-11(23-12)15(22)20-6-3-10(4-7-20)14-19-18-13-9-17-5-8-21(13)14;/h1-2,10,17H,3-9H2;1H. The van der Waals surface area contributed by atoms with Gasteiger partial charge in [0.15, 0.2) is 0 Å². The van der Waals surface area contributed by atoms with E-state index < -0.39 is 0 Å². The quantitative estimate of drug-likeness (QED) is 0.792. The number of thiophene rings is 1. The number of rotatable bonds is 2. The van der Waals surface area contributed by atoms with E-state index in [2.05, 4.69) is 36.0 Å². The van der Waals surface area contributed by atoms with Crippen molar-refractivity contribution in [2.75, 3.05) is 19.6 Å². The molecule has 2 aromatic rings. The minimum atomic E-state index is 0. The van der Waals surface area contributed by atoms with Gasteiger partial charge in [-0.15, -0.1) is 33.9 Å². The molecule has 2 aliphatic heterocycles. The van der Waals surface area contributed by atoms with E-state index in [0.29, 0.717) is 5.92 Å². The van der Waals surface area contributed by atoms with Crippen LogP contribution in [0, 0.1) is 0 Å². The molecule has 24 heavy (non-hydrogen) atoms. The number of carbonyl (C=O) groups excluding carboxylic acids is 1. The second-order valence-corrected chi connectivity index (χ2v) is 8.44. The van der Waals surface area contributed by atoms with Crippen LogP contribution in [0.25, 0.3) is 0 Å². The molecule has 6 nitrogen and oxygen atoms in total. The molecule has 4 heterocycles. The molecule has 4 rings (SSSR count). The van der Waals surface area contributed by atoms with E-state index in [0.717, 1.165) is 65.9 Å². The van der Waals surface area contributed by atoms with Crippen molar-refractivity contribution in [3.63, 3.8) is 0 Å². The molecule has 0 radical (unpaired) electrons. The topological polar surface area (TPSA) is 63.1 Å². The highest BCUT2D eigenvalue weighted by molar-refractivity contribution is 9.11. The lowest BCUT2D eigenvalue weighted by Crippen LogP contribution is -2.38. The van der Waals surface area contributed by atoms with Crippen molar-refractivity contribution < 1.29 is 4.79 Å². The van der Waals surface area contributed by atoms with Crippen molar-refractivity contribution >= 4 is 45.6 Å². The molecule has 2 aromatic heterocycles. The van der Waals surface area contributed by atoms with Gasteiger partial charge in [0.05, 0.1) is 15.2 Å². The fourth-order valence-electron chi connectivity index (χ4n) is 3.34. The second-order valence-electron chi connectivity index (χ2n) is 5.97. The fourth-order valence-corrected chi connectivity index (χ4v) is 4.70. The third kappa shape index (κ3) is 3.37. The van der Waals surface area contributed by atoms with Gasteiger partial charge in [-0.2, -0.15) is 0 Å². The first-order valence-electron chi connectivity index (χ1n) is 7.89. The monoisotopic (exact) mass is 431 g/mol. The van der Waals surface area contributed by atoms with E-state index in [-0.39, 0.29) is 18.3 Å². The van der Waals surface area contributed by atoms with Gasteiger partial charge in [-0.25, -0.2) is 0 Å². The summed E-state index contributed by atoms with van der Waals surface area (Å²) in [5, 5.41) is 12.0. The lowest BCUT2D eigenvalue weighted by atomic mass is 9.95. The second kappa shape index (κ2) is 7.51. The molecule has 0 aromatic carbocycles. The summed E-state index contributed by atoms with van der Waals surface area (Å²) in [7, 11) is 0. The van der Waals surface area contributed by atoms with Crippen LogP contribution in [0.15, 0.2) is 15.9 Å². The Hall–Kier alpha value is -0.960. The first-order valence-corrected chi connectivity index (χ1v) is 9.50. The van der Waals surface area contributed by atoms with Crippen molar-refractivity contribution in [2.24, 2.45) is 0 Å². The lowest BCUT2D eigenvalue weighted by Gasteiger charge is -2.31. The highest BCUT2D eigenvalue weighted by Crippen LogP contribution is 2.30. The maximum atomic E-state index is 12.5. The molecule has 1 N–H and O–H groups in total. The smallest absolute Gasteiger partial charge is 0.263 e. The minimum absolute atomic E-state index is 0. The van der Waals surface area contributed by atoms with Crippen LogP contribution in [0.5, 0.6) is 0 Å². The van der Waals surface area contributed by atoms with Gasteiger partial charge in [0.2, 0.25) is 0 Å². The van der Waals surface area contributed by atoms with Gasteiger partial charge < -0.3 is 14.8 Å². The number of aromatic nitrogens is 3. The van der Waals surface area contributed by atoms with E-state index in [1.165, 1.54) is 11.3 Å². The molecule has 2 aliphatic rings. The summed E-state index contributed by atoms with van der Waals surface area (Å²) in [6.07, 6.45) is 1.92. The first kappa shape index (κ1) is 17.8. The van der Waals surface area contributed by atoms with E-state index in [9.17, 15) is 4.79 Å². The number of fused-ring (bicyclic) bond motifs is 1. The van der Waals surface area contributed by atoms with E-state index in [1.807, 2.05) is 17.0 Å². The Morgan fingerprint density at radius 3 is 2.75 bits per heavy atom. The lowest BCUT2D eigenvalue weighted by molar-refractivity contribution is 0.0715. The maximum Gasteiger partial charge on any atom is 0.263 e. The van der Waals surface area contributed by atoms with Crippen LogP contribution >= 0.6 is 39.7 Å². The third-order valence-corrected chi connectivity index (χ3v) is 6.19. The van der Waals surface area contributed by atoms with Crippen molar-refractivity contribution in [1.82, 2.24) is 25.0 Å². The zero-order valence-electron chi connectivity index (χ0n) is 13.1. The molecule has 9 heteroatoms. The minimum Gasteiger partial charge on any atom is -0.338 e. The van der Waals surface area contributed by atoms with Crippen LogP contribution in [0.1, 0.15) is 40.1 Å². The van der Waals surface area contributed by atoms with Gasteiger partial charge in [-0.05, 0) is 40.9 Å². The molecule has 0 aliphatic carbocycles. The fraction of sp³-hybridized carbons (Fsp3) is 0.533. The summed E-state index contributed by atoms with van der Waals surface area (Å²) in [4.78, 5) is 15.3. The number of carbonyl (C=O) groups is 1.